The van der Waals surface area contributed by atoms with E-state index < -0.39 is 0 Å². The van der Waals surface area contributed by atoms with Crippen LogP contribution in [0.3, 0.4) is 0 Å². The van der Waals surface area contributed by atoms with E-state index in [1.54, 1.807) is 0 Å². The summed E-state index contributed by atoms with van der Waals surface area (Å²) in [4.78, 5) is 2.60. The summed E-state index contributed by atoms with van der Waals surface area (Å²) in [5.74, 6) is 0. The van der Waals surface area contributed by atoms with Crippen LogP contribution >= 0.6 is 0 Å². The number of rotatable bonds is 2. The van der Waals surface area contributed by atoms with Gasteiger partial charge in [0, 0.05) is 25.7 Å². The number of nitrogens with zero attached hydrogens (tertiary/aromatic N) is 1. The maximum Gasteiger partial charge on any atom is 0.0702 e. The lowest BCUT2D eigenvalue weighted by Crippen LogP contribution is -2.47. The number of hydrogen-bond donors (Lipinski definition) is 1. The van der Waals surface area contributed by atoms with Gasteiger partial charge in [0.15, 0.2) is 0 Å². The molecule has 0 aromatic heterocycles. The molecule has 1 N–H and O–H groups in total. The van der Waals surface area contributed by atoms with Gasteiger partial charge in [-0.25, -0.2) is 0 Å². The highest BCUT2D eigenvalue weighted by Gasteiger charge is 2.29. The van der Waals surface area contributed by atoms with Crippen LogP contribution in [0.1, 0.15) is 40.0 Å². The molecular weight excluding hydrogens is 212 g/mol. The van der Waals surface area contributed by atoms with E-state index in [0.717, 1.165) is 19.7 Å². The van der Waals surface area contributed by atoms with Gasteiger partial charge in [0.1, 0.15) is 0 Å². The van der Waals surface area contributed by atoms with E-state index in [9.17, 15) is 0 Å². The first-order valence-electron chi connectivity index (χ1n) is 7.13. The molecule has 2 atom stereocenters. The maximum atomic E-state index is 5.76. The first-order valence-corrected chi connectivity index (χ1v) is 7.13. The van der Waals surface area contributed by atoms with Gasteiger partial charge in [0.05, 0.1) is 6.10 Å². The maximum absolute atomic E-state index is 5.76. The predicted octanol–water partition coefficient (Wildman–Crippen LogP) is 1.88. The summed E-state index contributed by atoms with van der Waals surface area (Å²) in [5.41, 5.74) is 0.346. The zero-order valence-corrected chi connectivity index (χ0v) is 11.7. The van der Waals surface area contributed by atoms with Crippen LogP contribution in [0.2, 0.25) is 0 Å². The summed E-state index contributed by atoms with van der Waals surface area (Å²) in [6.45, 7) is 12.7. The van der Waals surface area contributed by atoms with Crippen LogP contribution in [0, 0.1) is 5.41 Å². The summed E-state index contributed by atoms with van der Waals surface area (Å²) >= 11 is 0. The SMILES string of the molecule is CC(C)(C)C1CN(CC2CCCO2)CCCN1. The van der Waals surface area contributed by atoms with Gasteiger partial charge in [-0.2, -0.15) is 0 Å². The van der Waals surface area contributed by atoms with E-state index in [1.807, 2.05) is 0 Å². The molecule has 2 unspecified atom stereocenters. The summed E-state index contributed by atoms with van der Waals surface area (Å²) in [6, 6.07) is 0.603. The van der Waals surface area contributed by atoms with Gasteiger partial charge in [0.25, 0.3) is 0 Å². The molecule has 17 heavy (non-hydrogen) atoms. The highest BCUT2D eigenvalue weighted by molar-refractivity contribution is 4.86. The largest absolute Gasteiger partial charge is 0.377 e. The molecule has 100 valence electrons. The van der Waals surface area contributed by atoms with E-state index in [-0.39, 0.29) is 0 Å². The smallest absolute Gasteiger partial charge is 0.0702 e. The lowest BCUT2D eigenvalue weighted by Gasteiger charge is -2.34. The fourth-order valence-electron chi connectivity index (χ4n) is 2.82. The highest BCUT2D eigenvalue weighted by atomic mass is 16.5. The fourth-order valence-corrected chi connectivity index (χ4v) is 2.82. The first-order chi connectivity index (χ1) is 8.05. The average molecular weight is 240 g/mol. The Labute approximate surface area is 106 Å². The van der Waals surface area contributed by atoms with Crippen molar-refractivity contribution in [3.05, 3.63) is 0 Å². The quantitative estimate of drug-likeness (QED) is 0.797. The van der Waals surface area contributed by atoms with Gasteiger partial charge in [-0.05, 0) is 37.8 Å². The van der Waals surface area contributed by atoms with Crippen LogP contribution in [0.25, 0.3) is 0 Å². The summed E-state index contributed by atoms with van der Waals surface area (Å²) in [5, 5.41) is 3.69. The molecule has 0 aromatic rings. The molecule has 0 aliphatic carbocycles. The molecule has 0 spiro atoms. The van der Waals surface area contributed by atoms with Gasteiger partial charge in [-0.15, -0.1) is 0 Å². The van der Waals surface area contributed by atoms with E-state index >= 15 is 0 Å². The van der Waals surface area contributed by atoms with Crippen molar-refractivity contribution in [3.63, 3.8) is 0 Å². The van der Waals surface area contributed by atoms with E-state index in [2.05, 4.69) is 31.0 Å². The van der Waals surface area contributed by atoms with Crippen molar-refractivity contribution in [2.45, 2.75) is 52.2 Å². The molecule has 0 aromatic carbocycles. The molecule has 2 fully saturated rings. The van der Waals surface area contributed by atoms with Crippen LogP contribution in [0.5, 0.6) is 0 Å². The second-order valence-corrected chi connectivity index (χ2v) is 6.62. The van der Waals surface area contributed by atoms with Crippen molar-refractivity contribution in [1.29, 1.82) is 0 Å². The van der Waals surface area contributed by atoms with Crippen molar-refractivity contribution in [2.24, 2.45) is 5.41 Å². The Morgan fingerprint density at radius 3 is 2.76 bits per heavy atom. The standard InChI is InChI=1S/C14H28N2O/c1-14(2,3)13-11-16(8-5-7-15-13)10-12-6-4-9-17-12/h12-13,15H,4-11H2,1-3H3. The number of hydrogen-bond acceptors (Lipinski definition) is 3. The van der Waals surface area contributed by atoms with Crippen LogP contribution in [0.4, 0.5) is 0 Å². The zero-order chi connectivity index (χ0) is 12.3. The topological polar surface area (TPSA) is 24.5 Å². The average Bonchev–Trinajstić information content (AvgIpc) is 2.61. The van der Waals surface area contributed by atoms with Gasteiger partial charge >= 0.3 is 0 Å². The summed E-state index contributed by atoms with van der Waals surface area (Å²) in [6.07, 6.45) is 4.26. The predicted molar refractivity (Wildman–Crippen MR) is 71.3 cm³/mol. The van der Waals surface area contributed by atoms with Crippen LogP contribution in [-0.4, -0.2) is 49.8 Å². The van der Waals surface area contributed by atoms with Crippen molar-refractivity contribution in [3.8, 4) is 0 Å². The minimum Gasteiger partial charge on any atom is -0.377 e. The van der Waals surface area contributed by atoms with E-state index in [4.69, 9.17) is 4.74 Å². The van der Waals surface area contributed by atoms with Crippen LogP contribution < -0.4 is 5.32 Å². The van der Waals surface area contributed by atoms with Crippen LogP contribution in [-0.2, 0) is 4.74 Å². The van der Waals surface area contributed by atoms with Crippen molar-refractivity contribution in [2.75, 3.05) is 32.8 Å². The monoisotopic (exact) mass is 240 g/mol. The van der Waals surface area contributed by atoms with Gasteiger partial charge < -0.3 is 10.1 Å². The van der Waals surface area contributed by atoms with Crippen molar-refractivity contribution >= 4 is 0 Å². The lowest BCUT2D eigenvalue weighted by molar-refractivity contribution is 0.0676. The van der Waals surface area contributed by atoms with E-state index in [1.165, 1.54) is 32.4 Å². The molecule has 2 saturated heterocycles. The summed E-state index contributed by atoms with van der Waals surface area (Å²) < 4.78 is 5.76. The second-order valence-electron chi connectivity index (χ2n) is 6.62. The molecule has 3 nitrogen and oxygen atoms in total. The number of ether oxygens (including phenoxy) is 1. The molecule has 0 saturated carbocycles. The Hall–Kier alpha value is -0.120. The lowest BCUT2D eigenvalue weighted by atomic mass is 9.86. The van der Waals surface area contributed by atoms with Crippen molar-refractivity contribution in [1.82, 2.24) is 10.2 Å². The third-order valence-corrected chi connectivity index (χ3v) is 4.01. The van der Waals surface area contributed by atoms with Crippen LogP contribution in [0.15, 0.2) is 0 Å². The third-order valence-electron chi connectivity index (χ3n) is 4.01. The molecule has 3 heteroatoms. The Morgan fingerprint density at radius 2 is 2.12 bits per heavy atom. The van der Waals surface area contributed by atoms with Crippen molar-refractivity contribution < 1.29 is 4.74 Å². The van der Waals surface area contributed by atoms with E-state index in [0.29, 0.717) is 17.6 Å². The minimum atomic E-state index is 0.346. The summed E-state index contributed by atoms with van der Waals surface area (Å²) in [7, 11) is 0. The molecule has 0 radical (unpaired) electrons. The minimum absolute atomic E-state index is 0.346. The van der Waals surface area contributed by atoms with Gasteiger partial charge in [0.2, 0.25) is 0 Å². The fraction of sp³-hybridized carbons (Fsp3) is 1.00. The third kappa shape index (κ3) is 3.94. The Kier molecular flexibility index (Phi) is 4.45. The first kappa shape index (κ1) is 13.3. The Morgan fingerprint density at radius 1 is 1.29 bits per heavy atom. The molecular formula is C14H28N2O. The molecule has 2 rings (SSSR count). The molecule has 0 bridgehead atoms. The molecule has 2 aliphatic rings. The number of nitrogens with one attached hydrogen (secondary N) is 1. The Balaban J connectivity index is 1.87. The highest BCUT2D eigenvalue weighted by Crippen LogP contribution is 2.22. The van der Waals surface area contributed by atoms with Gasteiger partial charge in [-0.1, -0.05) is 20.8 Å². The second kappa shape index (κ2) is 5.68. The normalized spacial score (nSPS) is 32.6. The molecule has 2 heterocycles. The zero-order valence-electron chi connectivity index (χ0n) is 11.7. The Bertz CT molecular complexity index is 231. The molecule has 2 aliphatic heterocycles. The molecule has 0 amide bonds. The van der Waals surface area contributed by atoms with Gasteiger partial charge in [-0.3, -0.25) is 4.90 Å².